The maximum absolute atomic E-state index is 2.36. The van der Waals surface area contributed by atoms with Gasteiger partial charge in [0.15, 0.2) is 0 Å². The van der Waals surface area contributed by atoms with Crippen LogP contribution >= 0.6 is 0 Å². The Morgan fingerprint density at radius 2 is 1.08 bits per heavy atom. The third-order valence-corrected chi connectivity index (χ3v) is 1.89. The molecule has 0 aromatic carbocycles. The molecule has 1 rings (SSSR count). The number of hydrogen-bond donors (Lipinski definition) is 0. The van der Waals surface area contributed by atoms with Crippen molar-refractivity contribution in [2.24, 2.45) is 5.92 Å². The monoisotopic (exact) mass is 262 g/mol. The topological polar surface area (TPSA) is 0 Å². The smallest absolute Gasteiger partial charge is 0 e. The summed E-state index contributed by atoms with van der Waals surface area (Å²) < 4.78 is 0. The van der Waals surface area contributed by atoms with Crippen LogP contribution in [0, 0.1) is 13.3 Å². The first-order valence-electron chi connectivity index (χ1n) is 5.39. The zero-order valence-corrected chi connectivity index (χ0v) is 13.5. The van der Waals surface area contributed by atoms with Gasteiger partial charge in [0.05, 0.1) is 0 Å². The van der Waals surface area contributed by atoms with Crippen LogP contribution in [0.15, 0.2) is 0 Å². The average molecular weight is 262 g/mol. The molecule has 81 valence electrons. The summed E-state index contributed by atoms with van der Waals surface area (Å²) in [5.41, 5.74) is 0. The largest absolute Gasteiger partial charge is 0.358 e. The third-order valence-electron chi connectivity index (χ3n) is 1.89. The van der Waals surface area contributed by atoms with Gasteiger partial charge in [0.25, 0.3) is 0 Å². The van der Waals surface area contributed by atoms with Gasteiger partial charge in [-0.15, -0.1) is 0 Å². The summed E-state index contributed by atoms with van der Waals surface area (Å²) in [4.78, 5) is 0. The summed E-state index contributed by atoms with van der Waals surface area (Å²) in [6.45, 7) is 10.4. The van der Waals surface area contributed by atoms with Crippen LogP contribution < -0.4 is 0 Å². The summed E-state index contributed by atoms with van der Waals surface area (Å²) in [6, 6.07) is 0. The molecule has 0 saturated heterocycles. The van der Waals surface area contributed by atoms with E-state index in [-0.39, 0.29) is 40.1 Å². The molecule has 0 aromatic rings. The molecule has 0 amide bonds. The molecular formula is C12H29Y-. The maximum atomic E-state index is 2.36. The molecule has 13 heavy (non-hydrogen) atoms. The van der Waals surface area contributed by atoms with Crippen molar-refractivity contribution in [2.45, 2.75) is 66.7 Å². The Hall–Kier alpha value is 1.10. The van der Waals surface area contributed by atoms with Crippen molar-refractivity contribution in [2.75, 3.05) is 0 Å². The molecular weight excluding hydrogens is 233 g/mol. The third kappa shape index (κ3) is 19.5. The predicted molar refractivity (Wildman–Crippen MR) is 61.4 cm³/mol. The molecule has 0 bridgehead atoms. The van der Waals surface area contributed by atoms with Gasteiger partial charge in [0.2, 0.25) is 0 Å². The Morgan fingerprint density at radius 3 is 1.23 bits per heavy atom. The van der Waals surface area contributed by atoms with Crippen molar-refractivity contribution >= 4 is 0 Å². The fraction of sp³-hybridized carbons (Fsp3) is 0.917. The minimum atomic E-state index is 0. The van der Waals surface area contributed by atoms with Gasteiger partial charge < -0.3 is 7.43 Å². The molecule has 0 atom stereocenters. The Morgan fingerprint density at radius 1 is 0.769 bits per heavy atom. The van der Waals surface area contributed by atoms with Crippen LogP contribution in [-0.2, 0) is 32.7 Å². The van der Waals surface area contributed by atoms with Crippen LogP contribution in [0.25, 0.3) is 0 Å². The van der Waals surface area contributed by atoms with Gasteiger partial charge in [0.1, 0.15) is 0 Å². The van der Waals surface area contributed by atoms with Gasteiger partial charge in [-0.25, -0.2) is 0 Å². The maximum Gasteiger partial charge on any atom is 0 e. The van der Waals surface area contributed by atoms with Crippen LogP contribution in [-0.4, -0.2) is 0 Å². The molecule has 0 heterocycles. The second-order valence-electron chi connectivity index (χ2n) is 2.74. The Bertz CT molecular complexity index is 47.1. The van der Waals surface area contributed by atoms with Crippen molar-refractivity contribution in [3.05, 3.63) is 7.43 Å². The molecule has 0 nitrogen and oxygen atoms in total. The average Bonchev–Trinajstić information content (AvgIpc) is 2.13. The zero-order valence-electron chi connectivity index (χ0n) is 10.7. The second-order valence-corrected chi connectivity index (χ2v) is 2.74. The van der Waals surface area contributed by atoms with Gasteiger partial charge >= 0.3 is 0 Å². The van der Waals surface area contributed by atoms with Crippen LogP contribution in [0.3, 0.4) is 0 Å². The minimum Gasteiger partial charge on any atom is -0.358 e. The molecule has 1 radical (unpaired) electrons. The van der Waals surface area contributed by atoms with Crippen molar-refractivity contribution < 1.29 is 32.7 Å². The van der Waals surface area contributed by atoms with Crippen LogP contribution in [0.5, 0.6) is 0 Å². The Balaban J connectivity index is -0.0000000607. The summed E-state index contributed by atoms with van der Waals surface area (Å²) in [5.74, 6) is 1.04. The molecule has 1 aliphatic carbocycles. The van der Waals surface area contributed by atoms with E-state index in [1.165, 1.54) is 32.1 Å². The van der Waals surface area contributed by atoms with E-state index in [4.69, 9.17) is 0 Å². The molecule has 0 spiro atoms. The summed E-state index contributed by atoms with van der Waals surface area (Å²) >= 11 is 0. The summed E-state index contributed by atoms with van der Waals surface area (Å²) in [6.07, 6.45) is 7.44. The van der Waals surface area contributed by atoms with Crippen LogP contribution in [0.1, 0.15) is 66.7 Å². The van der Waals surface area contributed by atoms with Gasteiger partial charge in [-0.1, -0.05) is 66.7 Å². The normalized spacial score (nSPS) is 14.5. The molecule has 1 aliphatic rings. The van der Waals surface area contributed by atoms with E-state index in [1.807, 2.05) is 27.7 Å². The van der Waals surface area contributed by atoms with E-state index in [0.717, 1.165) is 5.92 Å². The van der Waals surface area contributed by atoms with E-state index in [9.17, 15) is 0 Å². The van der Waals surface area contributed by atoms with E-state index in [0.29, 0.717) is 0 Å². The van der Waals surface area contributed by atoms with E-state index < -0.39 is 0 Å². The fourth-order valence-electron chi connectivity index (χ4n) is 1.31. The fourth-order valence-corrected chi connectivity index (χ4v) is 1.31. The van der Waals surface area contributed by atoms with Crippen molar-refractivity contribution in [3.8, 4) is 0 Å². The first-order valence-corrected chi connectivity index (χ1v) is 5.39. The minimum absolute atomic E-state index is 0. The molecule has 1 heteroatoms. The molecule has 0 aromatic heterocycles. The SMILES string of the molecule is CC.CC.CC1CCCCC1.[CH3-].[Y]. The van der Waals surface area contributed by atoms with Crippen molar-refractivity contribution in [1.82, 2.24) is 0 Å². The molecule has 1 fully saturated rings. The molecule has 0 unspecified atom stereocenters. The first-order chi connectivity index (χ1) is 5.39. The van der Waals surface area contributed by atoms with Gasteiger partial charge in [-0.3, -0.25) is 0 Å². The standard InChI is InChI=1S/C7H14.2C2H6.CH3.Y/c1-7-5-3-2-4-6-7;2*1-2;;/h7H,2-6H2,1H3;2*1-2H3;1H3;/q;;;-1;. The van der Waals surface area contributed by atoms with E-state index >= 15 is 0 Å². The predicted octanol–water partition coefficient (Wildman–Crippen LogP) is 5.09. The van der Waals surface area contributed by atoms with Gasteiger partial charge in [-0.05, 0) is 5.92 Å². The van der Waals surface area contributed by atoms with E-state index in [2.05, 4.69) is 6.92 Å². The molecule has 0 N–H and O–H groups in total. The quantitative estimate of drug-likeness (QED) is 0.533. The van der Waals surface area contributed by atoms with Crippen LogP contribution in [0.4, 0.5) is 0 Å². The van der Waals surface area contributed by atoms with E-state index in [1.54, 1.807) is 0 Å². The van der Waals surface area contributed by atoms with Crippen LogP contribution in [0.2, 0.25) is 0 Å². The Kier molecular flexibility index (Phi) is 42.3. The number of hydrogen-bond acceptors (Lipinski definition) is 0. The van der Waals surface area contributed by atoms with Gasteiger partial charge in [0, 0.05) is 32.7 Å². The van der Waals surface area contributed by atoms with Gasteiger partial charge in [-0.2, -0.15) is 0 Å². The zero-order chi connectivity index (χ0) is 9.11. The Labute approximate surface area is 112 Å². The summed E-state index contributed by atoms with van der Waals surface area (Å²) in [5, 5.41) is 0. The molecule has 1 saturated carbocycles. The summed E-state index contributed by atoms with van der Waals surface area (Å²) in [7, 11) is 0. The van der Waals surface area contributed by atoms with Crippen molar-refractivity contribution in [1.29, 1.82) is 0 Å². The van der Waals surface area contributed by atoms with Crippen molar-refractivity contribution in [3.63, 3.8) is 0 Å². The number of rotatable bonds is 0. The first kappa shape index (κ1) is 23.7. The molecule has 0 aliphatic heterocycles. The second kappa shape index (κ2) is 23.2.